The maximum atomic E-state index is 13.8. The highest BCUT2D eigenvalue weighted by molar-refractivity contribution is 5.23. The molecule has 122 valence electrons. The number of benzene rings is 1. The lowest BCUT2D eigenvalue weighted by atomic mass is 10.1. The van der Waals surface area contributed by atoms with Gasteiger partial charge in [-0.1, -0.05) is 19.1 Å². The zero-order chi connectivity index (χ0) is 16.4. The molecular formula is C17H19F2N3O. The Hall–Kier alpha value is -2.08. The molecule has 0 aliphatic carbocycles. The van der Waals surface area contributed by atoms with E-state index in [0.29, 0.717) is 43.0 Å². The molecule has 0 spiro atoms. The summed E-state index contributed by atoms with van der Waals surface area (Å²) in [5.74, 6) is -0.946. The zero-order valence-electron chi connectivity index (χ0n) is 13.0. The minimum absolute atomic E-state index is 0.0740. The maximum absolute atomic E-state index is 13.8. The van der Waals surface area contributed by atoms with Gasteiger partial charge >= 0.3 is 0 Å². The molecule has 4 nitrogen and oxygen atoms in total. The Balaban J connectivity index is 1.82. The predicted molar refractivity (Wildman–Crippen MR) is 83.0 cm³/mol. The Morgan fingerprint density at radius 2 is 2.17 bits per heavy atom. The van der Waals surface area contributed by atoms with Gasteiger partial charge in [0.05, 0.1) is 5.69 Å². The molecule has 3 rings (SSSR count). The number of aryl methyl sites for hydroxylation is 1. The number of nitrogens with one attached hydrogen (secondary N) is 1. The van der Waals surface area contributed by atoms with Gasteiger partial charge in [-0.25, -0.2) is 13.8 Å². The van der Waals surface area contributed by atoms with Crippen LogP contribution in [0.25, 0.3) is 0 Å². The third-order valence-corrected chi connectivity index (χ3v) is 4.11. The standard InChI is InChI=1S/C17H19F2N3O/c1-2-4-15-20-14-10-22(8-7-12(14)17(23)21-15)9-11-5-3-6-13(18)16(11)19/h3,5-6H,2,4,7-10H2,1H3,(H,20,21,23). The highest BCUT2D eigenvalue weighted by atomic mass is 19.2. The molecule has 1 aliphatic heterocycles. The molecule has 2 aromatic rings. The molecule has 0 saturated carbocycles. The van der Waals surface area contributed by atoms with E-state index in [1.54, 1.807) is 6.07 Å². The molecule has 0 saturated heterocycles. The van der Waals surface area contributed by atoms with E-state index in [0.717, 1.165) is 24.6 Å². The summed E-state index contributed by atoms with van der Waals surface area (Å²) in [7, 11) is 0. The van der Waals surface area contributed by atoms with Gasteiger partial charge in [0.2, 0.25) is 0 Å². The monoisotopic (exact) mass is 319 g/mol. The van der Waals surface area contributed by atoms with Crippen molar-refractivity contribution in [2.45, 2.75) is 39.3 Å². The maximum Gasteiger partial charge on any atom is 0.254 e. The molecule has 0 fully saturated rings. The Kier molecular flexibility index (Phi) is 4.52. The van der Waals surface area contributed by atoms with E-state index in [1.165, 1.54) is 6.07 Å². The van der Waals surface area contributed by atoms with Crippen LogP contribution >= 0.6 is 0 Å². The van der Waals surface area contributed by atoms with Crippen molar-refractivity contribution in [3.63, 3.8) is 0 Å². The molecule has 0 amide bonds. The van der Waals surface area contributed by atoms with Crippen LogP contribution in [0.3, 0.4) is 0 Å². The number of fused-ring (bicyclic) bond motifs is 1. The van der Waals surface area contributed by atoms with Gasteiger partial charge in [0.15, 0.2) is 11.6 Å². The fourth-order valence-corrected chi connectivity index (χ4v) is 2.95. The van der Waals surface area contributed by atoms with Crippen LogP contribution in [-0.2, 0) is 25.9 Å². The molecule has 6 heteroatoms. The van der Waals surface area contributed by atoms with Gasteiger partial charge in [-0.2, -0.15) is 0 Å². The van der Waals surface area contributed by atoms with Crippen molar-refractivity contribution in [1.82, 2.24) is 14.9 Å². The first-order chi connectivity index (χ1) is 11.1. The number of hydrogen-bond acceptors (Lipinski definition) is 3. The molecule has 1 aliphatic rings. The number of nitrogens with zero attached hydrogens (tertiary/aromatic N) is 2. The molecule has 0 atom stereocenters. The molecule has 23 heavy (non-hydrogen) atoms. The van der Waals surface area contributed by atoms with Gasteiger partial charge in [0, 0.05) is 37.2 Å². The van der Waals surface area contributed by atoms with E-state index in [9.17, 15) is 13.6 Å². The predicted octanol–water partition coefficient (Wildman–Crippen LogP) is 2.56. The van der Waals surface area contributed by atoms with Crippen LogP contribution in [-0.4, -0.2) is 21.4 Å². The Bertz CT molecular complexity index is 773. The number of hydrogen-bond donors (Lipinski definition) is 1. The lowest BCUT2D eigenvalue weighted by Gasteiger charge is -2.27. The quantitative estimate of drug-likeness (QED) is 0.942. The first-order valence-electron chi connectivity index (χ1n) is 7.84. The lowest BCUT2D eigenvalue weighted by molar-refractivity contribution is 0.236. The van der Waals surface area contributed by atoms with Crippen molar-refractivity contribution in [2.75, 3.05) is 6.54 Å². The first-order valence-corrected chi connectivity index (χ1v) is 7.84. The van der Waals surface area contributed by atoms with E-state index in [1.807, 2.05) is 11.8 Å². The average Bonchev–Trinajstić information content (AvgIpc) is 2.52. The van der Waals surface area contributed by atoms with Crippen LogP contribution in [0.4, 0.5) is 8.78 Å². The average molecular weight is 319 g/mol. The summed E-state index contributed by atoms with van der Waals surface area (Å²) in [6.45, 7) is 3.44. The summed E-state index contributed by atoms with van der Waals surface area (Å²) in [6.07, 6.45) is 2.20. The van der Waals surface area contributed by atoms with Crippen LogP contribution in [0, 0.1) is 11.6 Å². The molecule has 0 unspecified atom stereocenters. The van der Waals surface area contributed by atoms with E-state index in [2.05, 4.69) is 9.97 Å². The van der Waals surface area contributed by atoms with Gasteiger partial charge in [-0.15, -0.1) is 0 Å². The van der Waals surface area contributed by atoms with Crippen molar-refractivity contribution in [2.24, 2.45) is 0 Å². The summed E-state index contributed by atoms with van der Waals surface area (Å²) in [5.41, 5.74) is 1.71. The molecule has 1 aromatic carbocycles. The van der Waals surface area contributed by atoms with Gasteiger partial charge < -0.3 is 4.98 Å². The van der Waals surface area contributed by atoms with Crippen LogP contribution in [0.15, 0.2) is 23.0 Å². The summed E-state index contributed by atoms with van der Waals surface area (Å²) >= 11 is 0. The third kappa shape index (κ3) is 3.32. The molecule has 1 N–H and O–H groups in total. The minimum Gasteiger partial charge on any atom is -0.310 e. The van der Waals surface area contributed by atoms with Gasteiger partial charge in [-0.05, 0) is 18.9 Å². The number of rotatable bonds is 4. The van der Waals surface area contributed by atoms with E-state index in [4.69, 9.17) is 0 Å². The van der Waals surface area contributed by atoms with Gasteiger partial charge in [0.25, 0.3) is 5.56 Å². The second-order valence-electron chi connectivity index (χ2n) is 5.86. The summed E-state index contributed by atoms with van der Waals surface area (Å²) in [6, 6.07) is 4.21. The normalized spacial score (nSPS) is 14.7. The molecule has 1 aromatic heterocycles. The van der Waals surface area contributed by atoms with Gasteiger partial charge in [-0.3, -0.25) is 9.69 Å². The second kappa shape index (κ2) is 6.58. The zero-order valence-corrected chi connectivity index (χ0v) is 13.0. The van der Waals surface area contributed by atoms with Crippen molar-refractivity contribution >= 4 is 0 Å². The fraction of sp³-hybridized carbons (Fsp3) is 0.412. The topological polar surface area (TPSA) is 49.0 Å². The highest BCUT2D eigenvalue weighted by Crippen LogP contribution is 2.19. The van der Waals surface area contributed by atoms with Crippen molar-refractivity contribution in [3.8, 4) is 0 Å². The van der Waals surface area contributed by atoms with E-state index < -0.39 is 11.6 Å². The second-order valence-corrected chi connectivity index (χ2v) is 5.86. The van der Waals surface area contributed by atoms with Crippen LogP contribution < -0.4 is 5.56 Å². The number of aromatic amines is 1. The molecule has 2 heterocycles. The molecule has 0 radical (unpaired) electrons. The Labute approximate surface area is 133 Å². The van der Waals surface area contributed by atoms with E-state index in [-0.39, 0.29) is 5.56 Å². The SMILES string of the molecule is CCCc1nc2c(c(=O)[nH]1)CCN(Cc1cccc(F)c1F)C2. The van der Waals surface area contributed by atoms with Crippen LogP contribution in [0.2, 0.25) is 0 Å². The van der Waals surface area contributed by atoms with Crippen LogP contribution in [0.5, 0.6) is 0 Å². The van der Waals surface area contributed by atoms with Crippen molar-refractivity contribution in [1.29, 1.82) is 0 Å². The minimum atomic E-state index is -0.834. The lowest BCUT2D eigenvalue weighted by Crippen LogP contribution is -2.35. The fourth-order valence-electron chi connectivity index (χ4n) is 2.95. The van der Waals surface area contributed by atoms with Crippen molar-refractivity contribution in [3.05, 3.63) is 62.8 Å². The largest absolute Gasteiger partial charge is 0.310 e. The van der Waals surface area contributed by atoms with Crippen LogP contribution in [0.1, 0.15) is 36.0 Å². The smallest absolute Gasteiger partial charge is 0.254 e. The Morgan fingerprint density at radius 3 is 2.96 bits per heavy atom. The molecule has 0 bridgehead atoms. The summed E-state index contributed by atoms with van der Waals surface area (Å²) in [4.78, 5) is 21.4. The summed E-state index contributed by atoms with van der Waals surface area (Å²) < 4.78 is 27.1. The molecular weight excluding hydrogens is 300 g/mol. The van der Waals surface area contributed by atoms with Crippen molar-refractivity contribution < 1.29 is 8.78 Å². The third-order valence-electron chi connectivity index (χ3n) is 4.11. The van der Waals surface area contributed by atoms with Gasteiger partial charge in [0.1, 0.15) is 5.82 Å². The number of H-pyrrole nitrogens is 1. The first kappa shape index (κ1) is 15.8. The van der Waals surface area contributed by atoms with E-state index >= 15 is 0 Å². The summed E-state index contributed by atoms with van der Waals surface area (Å²) in [5, 5.41) is 0. The number of aromatic nitrogens is 2. The Morgan fingerprint density at radius 1 is 1.35 bits per heavy atom. The highest BCUT2D eigenvalue weighted by Gasteiger charge is 2.22. The number of halogens is 2.